The number of carbonyl (C=O) groups is 1. The Kier molecular flexibility index (Phi) is 8.97. The van der Waals surface area contributed by atoms with Crippen molar-refractivity contribution in [3.05, 3.63) is 70.0 Å². The molecule has 12 heteroatoms. The summed E-state index contributed by atoms with van der Waals surface area (Å²) < 4.78 is 99.6. The molecule has 0 bridgehead atoms. The van der Waals surface area contributed by atoms with E-state index in [9.17, 15) is 35.5 Å². The third-order valence-electron chi connectivity index (χ3n) is 6.81. The van der Waals surface area contributed by atoms with Crippen LogP contribution in [-0.2, 0) is 17.1 Å². The lowest BCUT2D eigenvalue weighted by atomic mass is 9.90. The number of carbonyl (C=O) groups excluding carboxylic acids is 1. The van der Waals surface area contributed by atoms with Crippen molar-refractivity contribution in [1.82, 2.24) is 9.80 Å². The molecular formula is C26H29F7N2O3. The third kappa shape index (κ3) is 6.76. The van der Waals surface area contributed by atoms with Crippen LogP contribution in [0.2, 0.25) is 0 Å². The number of rotatable bonds is 6. The van der Waals surface area contributed by atoms with Crippen molar-refractivity contribution < 1.29 is 45.4 Å². The molecule has 38 heavy (non-hydrogen) atoms. The quantitative estimate of drug-likeness (QED) is 0.418. The molecular weight excluding hydrogens is 521 g/mol. The third-order valence-corrected chi connectivity index (χ3v) is 6.81. The number of aryl methyl sites for hydroxylation is 1. The zero-order chi connectivity index (χ0) is 28.4. The number of amides is 2. The van der Waals surface area contributed by atoms with Crippen molar-refractivity contribution in [1.29, 1.82) is 0 Å². The summed E-state index contributed by atoms with van der Waals surface area (Å²) in [7, 11) is 1.31. The van der Waals surface area contributed by atoms with E-state index in [1.54, 1.807) is 6.92 Å². The van der Waals surface area contributed by atoms with E-state index in [0.29, 0.717) is 36.1 Å². The monoisotopic (exact) mass is 550 g/mol. The Labute approximate surface area is 215 Å². The number of nitrogens with zero attached hydrogens (tertiary/aromatic N) is 2. The van der Waals surface area contributed by atoms with E-state index >= 15 is 0 Å². The number of aliphatic hydroxyl groups is 1. The van der Waals surface area contributed by atoms with Crippen molar-refractivity contribution in [2.24, 2.45) is 0 Å². The molecule has 2 amide bonds. The van der Waals surface area contributed by atoms with Gasteiger partial charge in [0.25, 0.3) is 0 Å². The fourth-order valence-electron chi connectivity index (χ4n) is 4.65. The maximum atomic E-state index is 13.8. The average molecular weight is 551 g/mol. The van der Waals surface area contributed by atoms with Gasteiger partial charge in [0, 0.05) is 13.6 Å². The number of benzene rings is 2. The molecule has 1 saturated heterocycles. The Balaban J connectivity index is 1.95. The highest BCUT2D eigenvalue weighted by atomic mass is 19.4. The molecule has 2 aromatic rings. The van der Waals surface area contributed by atoms with Crippen molar-refractivity contribution in [2.75, 3.05) is 26.8 Å². The maximum absolute atomic E-state index is 13.8. The van der Waals surface area contributed by atoms with Crippen LogP contribution in [0.5, 0.6) is 0 Å². The van der Waals surface area contributed by atoms with Crippen LogP contribution in [0, 0.1) is 12.7 Å². The smallest absolute Gasteiger partial charge is 0.394 e. The van der Waals surface area contributed by atoms with Gasteiger partial charge in [-0.1, -0.05) is 6.07 Å². The van der Waals surface area contributed by atoms with Gasteiger partial charge in [-0.25, -0.2) is 9.18 Å². The molecule has 0 unspecified atom stereocenters. The lowest BCUT2D eigenvalue weighted by Gasteiger charge is -2.43. The Hall–Kier alpha value is -2.86. The molecule has 3 rings (SSSR count). The van der Waals surface area contributed by atoms with Gasteiger partial charge >= 0.3 is 18.4 Å². The SMILES string of the molecule is Cc1cc(F)ccc1[C@H]1C[C@@H](OCCO)CCN1C(=O)N(C)[C@@H](C)c1cc(C(F)(F)F)cc(C(F)(F)F)c1. The molecule has 1 heterocycles. The van der Waals surface area contributed by atoms with Crippen molar-refractivity contribution in [3.8, 4) is 0 Å². The fraction of sp³-hybridized carbons (Fsp3) is 0.500. The second-order valence-electron chi connectivity index (χ2n) is 9.36. The summed E-state index contributed by atoms with van der Waals surface area (Å²) in [4.78, 5) is 16.2. The van der Waals surface area contributed by atoms with Crippen LogP contribution in [-0.4, -0.2) is 53.8 Å². The number of urea groups is 1. The Morgan fingerprint density at radius 1 is 1.11 bits per heavy atom. The summed E-state index contributed by atoms with van der Waals surface area (Å²) in [6, 6.07) is 3.02. The summed E-state index contributed by atoms with van der Waals surface area (Å²) in [6.45, 7) is 3.08. The summed E-state index contributed by atoms with van der Waals surface area (Å²) in [6.07, 6.45) is -9.64. The van der Waals surface area contributed by atoms with Crippen LogP contribution in [0.3, 0.4) is 0 Å². The largest absolute Gasteiger partial charge is 0.416 e. The second-order valence-corrected chi connectivity index (χ2v) is 9.36. The second kappa shape index (κ2) is 11.5. The lowest BCUT2D eigenvalue weighted by Crippen LogP contribution is -2.49. The Morgan fingerprint density at radius 3 is 2.24 bits per heavy atom. The van der Waals surface area contributed by atoms with Gasteiger partial charge in [-0.3, -0.25) is 0 Å². The predicted octanol–water partition coefficient (Wildman–Crippen LogP) is 6.50. The molecule has 2 aromatic carbocycles. The van der Waals surface area contributed by atoms with Crippen molar-refractivity contribution in [3.63, 3.8) is 0 Å². The van der Waals surface area contributed by atoms with E-state index in [4.69, 9.17) is 9.84 Å². The van der Waals surface area contributed by atoms with E-state index in [1.165, 1.54) is 37.1 Å². The first kappa shape index (κ1) is 29.7. The molecule has 5 nitrogen and oxygen atoms in total. The predicted molar refractivity (Wildman–Crippen MR) is 125 cm³/mol. The first-order valence-corrected chi connectivity index (χ1v) is 11.9. The van der Waals surface area contributed by atoms with Crippen molar-refractivity contribution >= 4 is 6.03 Å². The first-order valence-electron chi connectivity index (χ1n) is 11.9. The topological polar surface area (TPSA) is 53.0 Å². The van der Waals surface area contributed by atoms with Gasteiger partial charge < -0.3 is 19.6 Å². The zero-order valence-electron chi connectivity index (χ0n) is 21.0. The number of hydrogen-bond acceptors (Lipinski definition) is 3. The fourth-order valence-corrected chi connectivity index (χ4v) is 4.65. The number of aliphatic hydroxyl groups excluding tert-OH is 1. The molecule has 210 valence electrons. The minimum Gasteiger partial charge on any atom is -0.394 e. The van der Waals surface area contributed by atoms with Crippen LogP contribution in [0.4, 0.5) is 35.5 Å². The number of halogens is 7. The average Bonchev–Trinajstić information content (AvgIpc) is 2.84. The van der Waals surface area contributed by atoms with Gasteiger partial charge in [0.1, 0.15) is 5.82 Å². The number of hydrogen-bond donors (Lipinski definition) is 1. The number of alkyl halides is 6. The lowest BCUT2D eigenvalue weighted by molar-refractivity contribution is -0.143. The molecule has 0 saturated carbocycles. The van der Waals surface area contributed by atoms with E-state index in [2.05, 4.69) is 0 Å². The van der Waals surface area contributed by atoms with Crippen molar-refractivity contribution in [2.45, 2.75) is 57.2 Å². The van der Waals surface area contributed by atoms with Gasteiger partial charge in [-0.15, -0.1) is 0 Å². The summed E-state index contributed by atoms with van der Waals surface area (Å²) in [5.41, 5.74) is -2.04. The first-order chi connectivity index (χ1) is 17.6. The number of likely N-dealkylation sites (tertiary alicyclic amines) is 1. The Morgan fingerprint density at radius 2 is 1.71 bits per heavy atom. The molecule has 0 aromatic heterocycles. The van der Waals surface area contributed by atoms with E-state index in [1.807, 2.05) is 0 Å². The zero-order valence-corrected chi connectivity index (χ0v) is 21.0. The minimum absolute atomic E-state index is 0.0442. The normalized spacial score (nSPS) is 19.4. The summed E-state index contributed by atoms with van der Waals surface area (Å²) in [5.74, 6) is -0.469. The van der Waals surface area contributed by atoms with E-state index < -0.39 is 47.4 Å². The highest BCUT2D eigenvalue weighted by molar-refractivity contribution is 5.75. The highest BCUT2D eigenvalue weighted by Crippen LogP contribution is 2.39. The number of piperidine rings is 1. The van der Waals surface area contributed by atoms with Gasteiger partial charge in [-0.05, 0) is 73.7 Å². The van der Waals surface area contributed by atoms with Crippen LogP contribution in [0.15, 0.2) is 36.4 Å². The molecule has 1 aliphatic heterocycles. The molecule has 1 N–H and O–H groups in total. The van der Waals surface area contributed by atoms with E-state index in [-0.39, 0.29) is 37.5 Å². The summed E-state index contributed by atoms with van der Waals surface area (Å²) in [5, 5.41) is 9.10. The standard InChI is InChI=1S/C26H29F7N2O3/c1-15-10-20(27)4-5-22(15)23-14-21(38-9-8-36)6-7-35(23)24(37)34(3)16(2)17-11-18(25(28,29)30)13-19(12-17)26(31,32)33/h4-5,10-13,16,21,23,36H,6-9,14H2,1-3H3/t16-,21-,23+/m0/s1. The highest BCUT2D eigenvalue weighted by Gasteiger charge is 2.39. The molecule has 0 spiro atoms. The van der Waals surface area contributed by atoms with Crippen LogP contribution in [0.1, 0.15) is 59.7 Å². The minimum atomic E-state index is -5.01. The van der Waals surface area contributed by atoms with Gasteiger partial charge in [0.15, 0.2) is 0 Å². The molecule has 0 radical (unpaired) electrons. The maximum Gasteiger partial charge on any atom is 0.416 e. The molecule has 3 atom stereocenters. The molecule has 1 fully saturated rings. The van der Waals surface area contributed by atoms with Crippen LogP contribution < -0.4 is 0 Å². The Bertz CT molecular complexity index is 1100. The van der Waals surface area contributed by atoms with Gasteiger partial charge in [-0.2, -0.15) is 26.3 Å². The van der Waals surface area contributed by atoms with Crippen LogP contribution >= 0.6 is 0 Å². The van der Waals surface area contributed by atoms with Crippen LogP contribution in [0.25, 0.3) is 0 Å². The van der Waals surface area contributed by atoms with Gasteiger partial charge in [0.2, 0.25) is 0 Å². The van der Waals surface area contributed by atoms with Gasteiger partial charge in [0.05, 0.1) is 42.5 Å². The molecule has 1 aliphatic rings. The number of ether oxygens (including phenoxy) is 1. The van der Waals surface area contributed by atoms with E-state index in [0.717, 1.165) is 4.90 Å². The summed E-state index contributed by atoms with van der Waals surface area (Å²) >= 11 is 0. The molecule has 0 aliphatic carbocycles.